The molecule has 0 aliphatic rings. The van der Waals surface area contributed by atoms with Gasteiger partial charge in [-0.15, -0.1) is 13.2 Å². The predicted octanol–water partition coefficient (Wildman–Crippen LogP) is 2.20. The molecule has 0 saturated heterocycles. The molecule has 1 aromatic rings. The molecule has 0 aliphatic heterocycles. The zero-order valence-corrected chi connectivity index (χ0v) is 8.56. The Balaban J connectivity index is 3.20. The summed E-state index contributed by atoms with van der Waals surface area (Å²) in [6, 6.07) is 2.48. The molecule has 1 aromatic heterocycles. The van der Waals surface area contributed by atoms with Crippen LogP contribution in [0.5, 0.6) is 5.75 Å². The smallest absolute Gasteiger partial charge is 0.403 e. The number of nitrogens with two attached hydrogens (primary N) is 1. The fourth-order valence-electron chi connectivity index (χ4n) is 0.796. The quantitative estimate of drug-likeness (QED) is 0.801. The van der Waals surface area contributed by atoms with Gasteiger partial charge in [-0.1, -0.05) is 0 Å². The minimum Gasteiger partial charge on any atom is -0.403 e. The summed E-state index contributed by atoms with van der Waals surface area (Å²) in [5, 5.41) is 8.52. The van der Waals surface area contributed by atoms with E-state index in [4.69, 9.17) is 11.0 Å². The predicted molar refractivity (Wildman–Crippen MR) is 47.7 cm³/mol. The Labute approximate surface area is 90.6 Å². The minimum atomic E-state index is -4.86. The number of nitriles is 1. The van der Waals surface area contributed by atoms with E-state index in [2.05, 4.69) is 25.7 Å². The van der Waals surface area contributed by atoms with E-state index in [9.17, 15) is 13.2 Å². The lowest BCUT2D eigenvalue weighted by atomic mass is 10.3. The summed E-state index contributed by atoms with van der Waals surface area (Å²) in [6.07, 6.45) is -4.86. The van der Waals surface area contributed by atoms with Gasteiger partial charge in [0.25, 0.3) is 0 Å². The SMILES string of the molecule is N#Cc1nc(Br)cc(OC(F)(F)F)c1N. The number of anilines is 1. The minimum absolute atomic E-state index is 0.0347. The van der Waals surface area contributed by atoms with E-state index in [1.807, 2.05) is 0 Å². The van der Waals surface area contributed by atoms with Gasteiger partial charge in [0.05, 0.1) is 0 Å². The molecule has 1 rings (SSSR count). The standard InChI is InChI=1S/C7H3BrF3N3O/c8-5-1-4(15-7(9,10)11)6(13)3(2-12)14-5/h1H,13H2. The molecule has 0 fully saturated rings. The van der Waals surface area contributed by atoms with Crippen molar-refractivity contribution in [3.63, 3.8) is 0 Å². The molecular formula is C7H3BrF3N3O. The van der Waals surface area contributed by atoms with Crippen molar-refractivity contribution >= 4 is 21.6 Å². The number of pyridine rings is 1. The van der Waals surface area contributed by atoms with Gasteiger partial charge in [0.1, 0.15) is 16.4 Å². The average molecular weight is 282 g/mol. The Bertz CT molecular complexity index is 427. The van der Waals surface area contributed by atoms with Crippen LogP contribution in [0.3, 0.4) is 0 Å². The second kappa shape index (κ2) is 3.94. The highest BCUT2D eigenvalue weighted by Gasteiger charge is 2.32. The summed E-state index contributed by atoms with van der Waals surface area (Å²) in [7, 11) is 0. The summed E-state index contributed by atoms with van der Waals surface area (Å²) in [5.41, 5.74) is 4.46. The van der Waals surface area contributed by atoms with Crippen LogP contribution < -0.4 is 10.5 Å². The van der Waals surface area contributed by atoms with Gasteiger partial charge in [0, 0.05) is 6.07 Å². The van der Waals surface area contributed by atoms with Gasteiger partial charge in [0.2, 0.25) is 0 Å². The van der Waals surface area contributed by atoms with Gasteiger partial charge < -0.3 is 10.5 Å². The Kier molecular flexibility index (Phi) is 3.04. The molecule has 0 aliphatic carbocycles. The Morgan fingerprint density at radius 1 is 1.53 bits per heavy atom. The highest BCUT2D eigenvalue weighted by molar-refractivity contribution is 9.10. The van der Waals surface area contributed by atoms with E-state index in [1.54, 1.807) is 6.07 Å². The summed E-state index contributed by atoms with van der Waals surface area (Å²) >= 11 is 2.83. The molecule has 80 valence electrons. The van der Waals surface area contributed by atoms with Crippen LogP contribution >= 0.6 is 15.9 Å². The zero-order chi connectivity index (χ0) is 11.6. The van der Waals surface area contributed by atoms with Crippen LogP contribution in [0, 0.1) is 11.3 Å². The molecule has 2 N–H and O–H groups in total. The molecule has 0 spiro atoms. The van der Waals surface area contributed by atoms with E-state index < -0.39 is 17.8 Å². The van der Waals surface area contributed by atoms with E-state index >= 15 is 0 Å². The number of nitrogens with zero attached hydrogens (tertiary/aromatic N) is 2. The van der Waals surface area contributed by atoms with Crippen LogP contribution in [0.25, 0.3) is 0 Å². The zero-order valence-electron chi connectivity index (χ0n) is 6.97. The molecule has 4 nitrogen and oxygen atoms in total. The number of alkyl halides is 3. The molecule has 0 radical (unpaired) electrons. The number of hydrogen-bond donors (Lipinski definition) is 1. The number of aromatic nitrogens is 1. The van der Waals surface area contributed by atoms with Crippen molar-refractivity contribution in [3.8, 4) is 11.8 Å². The highest BCUT2D eigenvalue weighted by atomic mass is 79.9. The van der Waals surface area contributed by atoms with Gasteiger partial charge in [-0.25, -0.2) is 4.98 Å². The molecule has 8 heteroatoms. The summed E-state index contributed by atoms with van der Waals surface area (Å²) in [6.45, 7) is 0. The van der Waals surface area contributed by atoms with Gasteiger partial charge >= 0.3 is 6.36 Å². The average Bonchev–Trinajstić information content (AvgIpc) is 2.08. The molecular weight excluding hydrogens is 279 g/mol. The Morgan fingerprint density at radius 2 is 2.13 bits per heavy atom. The molecule has 0 saturated carbocycles. The van der Waals surface area contributed by atoms with Crippen molar-refractivity contribution in [1.29, 1.82) is 5.26 Å². The Hall–Kier alpha value is -1.49. The highest BCUT2D eigenvalue weighted by Crippen LogP contribution is 2.31. The van der Waals surface area contributed by atoms with E-state index in [0.29, 0.717) is 0 Å². The summed E-state index contributed by atoms with van der Waals surface area (Å²) < 4.78 is 39.3. The van der Waals surface area contributed by atoms with E-state index in [1.165, 1.54) is 0 Å². The molecule has 0 unspecified atom stereocenters. The van der Waals surface area contributed by atoms with Crippen molar-refractivity contribution in [1.82, 2.24) is 4.98 Å². The topological polar surface area (TPSA) is 71.9 Å². The first kappa shape index (κ1) is 11.6. The maximum absolute atomic E-state index is 11.9. The van der Waals surface area contributed by atoms with Crippen LogP contribution in [0.2, 0.25) is 0 Å². The van der Waals surface area contributed by atoms with Crippen LogP contribution in [-0.4, -0.2) is 11.3 Å². The fourth-order valence-corrected chi connectivity index (χ4v) is 1.18. The van der Waals surface area contributed by atoms with E-state index in [0.717, 1.165) is 6.07 Å². The maximum Gasteiger partial charge on any atom is 0.573 e. The van der Waals surface area contributed by atoms with Crippen LogP contribution in [0.1, 0.15) is 5.69 Å². The Morgan fingerprint density at radius 3 is 2.60 bits per heavy atom. The van der Waals surface area contributed by atoms with E-state index in [-0.39, 0.29) is 10.3 Å². The molecule has 1 heterocycles. The van der Waals surface area contributed by atoms with Crippen molar-refractivity contribution in [2.75, 3.05) is 5.73 Å². The largest absolute Gasteiger partial charge is 0.573 e. The first-order chi connectivity index (χ1) is 6.83. The van der Waals surface area contributed by atoms with Gasteiger partial charge in [-0.3, -0.25) is 0 Å². The lowest BCUT2D eigenvalue weighted by Gasteiger charge is -2.11. The molecule has 15 heavy (non-hydrogen) atoms. The second-order valence-corrected chi connectivity index (χ2v) is 3.18. The third-order valence-corrected chi connectivity index (χ3v) is 1.73. The summed E-state index contributed by atoms with van der Waals surface area (Å²) in [4.78, 5) is 3.57. The van der Waals surface area contributed by atoms with Crippen LogP contribution in [-0.2, 0) is 0 Å². The third kappa shape index (κ3) is 2.99. The van der Waals surface area contributed by atoms with Gasteiger partial charge in [-0.2, -0.15) is 5.26 Å². The maximum atomic E-state index is 11.9. The third-order valence-electron chi connectivity index (χ3n) is 1.32. The fraction of sp³-hybridized carbons (Fsp3) is 0.143. The molecule has 0 aromatic carbocycles. The van der Waals surface area contributed by atoms with Crippen molar-refractivity contribution in [2.24, 2.45) is 0 Å². The number of nitrogen functional groups attached to an aromatic ring is 1. The monoisotopic (exact) mass is 281 g/mol. The van der Waals surface area contributed by atoms with Crippen LogP contribution in [0.15, 0.2) is 10.7 Å². The second-order valence-electron chi connectivity index (χ2n) is 2.37. The van der Waals surface area contributed by atoms with Crippen molar-refractivity contribution in [2.45, 2.75) is 6.36 Å². The number of hydrogen-bond acceptors (Lipinski definition) is 4. The van der Waals surface area contributed by atoms with Crippen molar-refractivity contribution < 1.29 is 17.9 Å². The van der Waals surface area contributed by atoms with Gasteiger partial charge in [-0.05, 0) is 15.9 Å². The normalized spacial score (nSPS) is 10.9. The molecule has 0 amide bonds. The lowest BCUT2D eigenvalue weighted by molar-refractivity contribution is -0.274. The lowest BCUT2D eigenvalue weighted by Crippen LogP contribution is -2.18. The number of rotatable bonds is 1. The van der Waals surface area contributed by atoms with Crippen molar-refractivity contribution in [3.05, 3.63) is 16.4 Å². The molecule has 0 bridgehead atoms. The number of ether oxygens (including phenoxy) is 1. The first-order valence-electron chi connectivity index (χ1n) is 3.45. The van der Waals surface area contributed by atoms with Crippen LogP contribution in [0.4, 0.5) is 18.9 Å². The van der Waals surface area contributed by atoms with Gasteiger partial charge in [0.15, 0.2) is 11.4 Å². The number of halogens is 4. The first-order valence-corrected chi connectivity index (χ1v) is 4.24. The summed E-state index contributed by atoms with van der Waals surface area (Å²) in [5.74, 6) is -0.652. The molecule has 0 atom stereocenters.